The lowest BCUT2D eigenvalue weighted by atomic mass is 10.0. The minimum atomic E-state index is -0.411. The number of benzene rings is 1. The molecular formula is C19H19N3O2S. The van der Waals surface area contributed by atoms with Crippen LogP contribution in [0.25, 0.3) is 4.96 Å². The smallest absolute Gasteiger partial charge is 0.271 e. The van der Waals surface area contributed by atoms with Crippen LogP contribution < -0.4 is 10.9 Å². The van der Waals surface area contributed by atoms with E-state index in [2.05, 4.69) is 10.3 Å². The molecule has 0 aliphatic heterocycles. The maximum atomic E-state index is 12.9. The minimum Gasteiger partial charge on any atom is -0.322 e. The third-order valence-corrected chi connectivity index (χ3v) is 5.97. The standard InChI is InChI=1S/C19H19N3O2S/c1-11-7-8-13(9-12(11)2)21-17(23)14-10-20-19-22(18(14)24)15-5-3-4-6-16(15)25-19/h7-10H,3-6H2,1-2H3,(H,21,23). The van der Waals surface area contributed by atoms with E-state index in [-0.39, 0.29) is 11.1 Å². The molecule has 0 bridgehead atoms. The number of nitrogens with zero attached hydrogens (tertiary/aromatic N) is 2. The van der Waals surface area contributed by atoms with E-state index in [1.165, 1.54) is 11.1 Å². The fraction of sp³-hybridized carbons (Fsp3) is 0.316. The van der Waals surface area contributed by atoms with E-state index in [0.29, 0.717) is 10.6 Å². The van der Waals surface area contributed by atoms with Crippen molar-refractivity contribution >= 4 is 27.9 Å². The van der Waals surface area contributed by atoms with Gasteiger partial charge in [-0.2, -0.15) is 0 Å². The number of thiazole rings is 1. The van der Waals surface area contributed by atoms with Crippen molar-refractivity contribution in [1.29, 1.82) is 0 Å². The van der Waals surface area contributed by atoms with Crippen LogP contribution in [0, 0.1) is 13.8 Å². The van der Waals surface area contributed by atoms with Gasteiger partial charge in [0.1, 0.15) is 5.56 Å². The average Bonchev–Trinajstić information content (AvgIpc) is 2.97. The molecule has 2 heterocycles. The van der Waals surface area contributed by atoms with Crippen LogP contribution in [0.4, 0.5) is 5.69 Å². The first-order valence-corrected chi connectivity index (χ1v) is 9.27. The molecule has 25 heavy (non-hydrogen) atoms. The molecule has 0 unspecified atom stereocenters. The van der Waals surface area contributed by atoms with Crippen molar-refractivity contribution < 1.29 is 4.79 Å². The Balaban J connectivity index is 1.73. The van der Waals surface area contributed by atoms with Crippen LogP contribution in [0.2, 0.25) is 0 Å². The summed E-state index contributed by atoms with van der Waals surface area (Å²) in [5.41, 5.74) is 3.78. The van der Waals surface area contributed by atoms with Crippen LogP contribution in [-0.2, 0) is 12.8 Å². The number of rotatable bonds is 2. The lowest BCUT2D eigenvalue weighted by molar-refractivity contribution is 0.102. The van der Waals surface area contributed by atoms with Gasteiger partial charge in [-0.25, -0.2) is 4.98 Å². The van der Waals surface area contributed by atoms with Gasteiger partial charge in [0.05, 0.1) is 0 Å². The minimum absolute atomic E-state index is 0.0851. The van der Waals surface area contributed by atoms with Gasteiger partial charge in [-0.05, 0) is 62.8 Å². The Hall–Kier alpha value is -2.47. The van der Waals surface area contributed by atoms with Crippen molar-refractivity contribution in [2.75, 3.05) is 5.32 Å². The van der Waals surface area contributed by atoms with Gasteiger partial charge in [-0.15, -0.1) is 11.3 Å². The Morgan fingerprint density at radius 3 is 2.80 bits per heavy atom. The number of nitrogens with one attached hydrogen (secondary N) is 1. The number of hydrogen-bond donors (Lipinski definition) is 1. The zero-order chi connectivity index (χ0) is 17.6. The Bertz CT molecular complexity index is 1050. The summed E-state index contributed by atoms with van der Waals surface area (Å²) >= 11 is 1.56. The van der Waals surface area contributed by atoms with Crippen LogP contribution >= 0.6 is 11.3 Å². The SMILES string of the molecule is Cc1ccc(NC(=O)c2cnc3sc4c(n3c2=O)CCCC4)cc1C. The molecule has 1 aromatic carbocycles. The summed E-state index contributed by atoms with van der Waals surface area (Å²) in [6.45, 7) is 4.01. The highest BCUT2D eigenvalue weighted by molar-refractivity contribution is 7.17. The van der Waals surface area contributed by atoms with Crippen LogP contribution in [0.15, 0.2) is 29.2 Å². The van der Waals surface area contributed by atoms with Gasteiger partial charge in [0.15, 0.2) is 4.96 Å². The number of amides is 1. The van der Waals surface area contributed by atoms with Crippen LogP contribution in [-0.4, -0.2) is 15.3 Å². The molecule has 0 saturated heterocycles. The molecule has 0 fully saturated rings. The Morgan fingerprint density at radius 1 is 1.20 bits per heavy atom. The molecule has 0 spiro atoms. The van der Waals surface area contributed by atoms with Gasteiger partial charge in [0.2, 0.25) is 0 Å². The number of anilines is 1. The second-order valence-electron chi connectivity index (χ2n) is 6.53. The molecule has 1 amide bonds. The first-order valence-electron chi connectivity index (χ1n) is 8.45. The van der Waals surface area contributed by atoms with E-state index < -0.39 is 5.91 Å². The van der Waals surface area contributed by atoms with E-state index in [4.69, 9.17) is 0 Å². The topological polar surface area (TPSA) is 63.5 Å². The summed E-state index contributed by atoms with van der Waals surface area (Å²) in [4.78, 5) is 31.8. The number of fused-ring (bicyclic) bond motifs is 3. The third kappa shape index (κ3) is 2.76. The zero-order valence-corrected chi connectivity index (χ0v) is 15.1. The molecule has 1 aliphatic carbocycles. The predicted molar refractivity (Wildman–Crippen MR) is 99.9 cm³/mol. The van der Waals surface area contributed by atoms with Crippen molar-refractivity contribution in [2.24, 2.45) is 0 Å². The van der Waals surface area contributed by atoms with Crippen LogP contribution in [0.5, 0.6) is 0 Å². The summed E-state index contributed by atoms with van der Waals surface area (Å²) in [7, 11) is 0. The highest BCUT2D eigenvalue weighted by Gasteiger charge is 2.21. The number of carbonyl (C=O) groups excluding carboxylic acids is 1. The molecule has 6 heteroatoms. The summed E-state index contributed by atoms with van der Waals surface area (Å²) in [5, 5.41) is 2.82. The lowest BCUT2D eigenvalue weighted by Gasteiger charge is -2.11. The molecule has 1 N–H and O–H groups in total. The van der Waals surface area contributed by atoms with Crippen molar-refractivity contribution in [3.8, 4) is 0 Å². The summed E-state index contributed by atoms with van der Waals surface area (Å²) in [6, 6.07) is 5.70. The molecule has 0 radical (unpaired) electrons. The van der Waals surface area contributed by atoms with Gasteiger partial charge in [0.25, 0.3) is 11.5 Å². The van der Waals surface area contributed by atoms with Crippen molar-refractivity contribution in [3.63, 3.8) is 0 Å². The lowest BCUT2D eigenvalue weighted by Crippen LogP contribution is -2.27. The second kappa shape index (κ2) is 6.11. The number of aryl methyl sites for hydroxylation is 4. The van der Waals surface area contributed by atoms with Gasteiger partial charge in [-0.3, -0.25) is 14.0 Å². The van der Waals surface area contributed by atoms with Gasteiger partial charge in [0, 0.05) is 22.5 Å². The Labute approximate surface area is 149 Å². The number of hydrogen-bond acceptors (Lipinski definition) is 4. The second-order valence-corrected chi connectivity index (χ2v) is 7.59. The molecule has 3 aromatic rings. The fourth-order valence-electron chi connectivity index (χ4n) is 3.24. The van der Waals surface area contributed by atoms with Gasteiger partial charge >= 0.3 is 0 Å². The molecule has 1 aliphatic rings. The maximum Gasteiger partial charge on any atom is 0.271 e. The van der Waals surface area contributed by atoms with E-state index >= 15 is 0 Å². The predicted octanol–water partition coefficient (Wildman–Crippen LogP) is 3.50. The summed E-state index contributed by atoms with van der Waals surface area (Å²) in [5.74, 6) is -0.411. The normalized spacial score (nSPS) is 13.7. The average molecular weight is 353 g/mol. The molecule has 5 nitrogen and oxygen atoms in total. The zero-order valence-electron chi connectivity index (χ0n) is 14.3. The fourth-order valence-corrected chi connectivity index (χ4v) is 4.41. The van der Waals surface area contributed by atoms with Gasteiger partial charge in [-0.1, -0.05) is 6.07 Å². The largest absolute Gasteiger partial charge is 0.322 e. The van der Waals surface area contributed by atoms with E-state index in [9.17, 15) is 9.59 Å². The third-order valence-electron chi connectivity index (χ3n) is 4.81. The highest BCUT2D eigenvalue weighted by atomic mass is 32.1. The quantitative estimate of drug-likeness (QED) is 0.767. The molecule has 4 rings (SSSR count). The Morgan fingerprint density at radius 2 is 2.00 bits per heavy atom. The van der Waals surface area contributed by atoms with Crippen molar-refractivity contribution in [2.45, 2.75) is 39.5 Å². The molecule has 2 aromatic heterocycles. The molecule has 0 atom stereocenters. The Kier molecular flexibility index (Phi) is 3.92. The van der Waals surface area contributed by atoms with E-state index in [1.54, 1.807) is 15.7 Å². The highest BCUT2D eigenvalue weighted by Crippen LogP contribution is 2.28. The number of aromatic nitrogens is 2. The van der Waals surface area contributed by atoms with Crippen molar-refractivity contribution in [3.05, 3.63) is 62.0 Å². The first kappa shape index (κ1) is 16.0. The van der Waals surface area contributed by atoms with Crippen molar-refractivity contribution in [1.82, 2.24) is 9.38 Å². The summed E-state index contributed by atoms with van der Waals surface area (Å²) < 4.78 is 1.63. The van der Waals surface area contributed by atoms with Crippen LogP contribution in [0.1, 0.15) is 44.9 Å². The molecule has 0 saturated carbocycles. The number of carbonyl (C=O) groups is 1. The monoisotopic (exact) mass is 353 g/mol. The first-order chi connectivity index (χ1) is 12.0. The maximum absolute atomic E-state index is 12.9. The van der Waals surface area contributed by atoms with E-state index in [0.717, 1.165) is 42.5 Å². The molecular weight excluding hydrogens is 334 g/mol. The summed E-state index contributed by atoms with van der Waals surface area (Å²) in [6.07, 6.45) is 5.49. The van der Waals surface area contributed by atoms with Crippen LogP contribution in [0.3, 0.4) is 0 Å². The van der Waals surface area contributed by atoms with E-state index in [1.807, 2.05) is 32.0 Å². The molecule has 128 valence electrons. The van der Waals surface area contributed by atoms with Gasteiger partial charge < -0.3 is 5.32 Å².